The monoisotopic (exact) mass is 407 g/mol. The largest absolute Gasteiger partial charge is 0.495 e. The number of nitrogens with one attached hydrogen (secondary N) is 1. The molecule has 2 amide bonds. The molecular weight excluding hydrogens is 385 g/mol. The molecule has 0 unspecified atom stereocenters. The standard InChI is InChI=1S/C20H23Cl2N3O2/c1-14(16-8-7-15(21)13-17(16)22)23-20(26)25-11-9-24(10-12-25)18-5-3-4-6-19(18)27-2/h3-8,13-14H,9-12H2,1-2H3,(H,23,26)/t14-/m1/s1. The van der Waals surface area contributed by atoms with Gasteiger partial charge in [-0.3, -0.25) is 0 Å². The van der Waals surface area contributed by atoms with Crippen molar-refractivity contribution in [3.8, 4) is 5.75 Å². The van der Waals surface area contributed by atoms with Crippen LogP contribution in [0.4, 0.5) is 10.5 Å². The van der Waals surface area contributed by atoms with Crippen LogP contribution >= 0.6 is 23.2 Å². The lowest BCUT2D eigenvalue weighted by Crippen LogP contribution is -2.52. The fraction of sp³-hybridized carbons (Fsp3) is 0.350. The lowest BCUT2D eigenvalue weighted by atomic mass is 10.1. The quantitative estimate of drug-likeness (QED) is 0.805. The van der Waals surface area contributed by atoms with Crippen molar-refractivity contribution >= 4 is 34.9 Å². The Morgan fingerprint density at radius 2 is 1.81 bits per heavy atom. The van der Waals surface area contributed by atoms with Gasteiger partial charge in [0.15, 0.2) is 0 Å². The third kappa shape index (κ3) is 4.60. The summed E-state index contributed by atoms with van der Waals surface area (Å²) in [7, 11) is 1.67. The number of nitrogens with zero attached hydrogens (tertiary/aromatic N) is 2. The minimum Gasteiger partial charge on any atom is -0.495 e. The Balaban J connectivity index is 1.58. The number of halogens is 2. The molecule has 0 saturated carbocycles. The normalized spacial score (nSPS) is 15.4. The summed E-state index contributed by atoms with van der Waals surface area (Å²) in [6, 6.07) is 13.0. The van der Waals surface area contributed by atoms with E-state index in [1.165, 1.54) is 0 Å². The summed E-state index contributed by atoms with van der Waals surface area (Å²) in [5.41, 5.74) is 1.91. The summed E-state index contributed by atoms with van der Waals surface area (Å²) < 4.78 is 5.44. The van der Waals surface area contributed by atoms with E-state index in [0.29, 0.717) is 23.1 Å². The minimum atomic E-state index is -0.200. The molecule has 0 spiro atoms. The first-order valence-electron chi connectivity index (χ1n) is 8.88. The smallest absolute Gasteiger partial charge is 0.317 e. The summed E-state index contributed by atoms with van der Waals surface area (Å²) in [5, 5.41) is 4.15. The molecule has 3 rings (SSSR count). The van der Waals surface area contributed by atoms with Gasteiger partial charge in [-0.2, -0.15) is 0 Å². The molecule has 1 aliphatic heterocycles. The third-order valence-electron chi connectivity index (χ3n) is 4.76. The molecule has 1 aliphatic rings. The number of carbonyl (C=O) groups excluding carboxylic acids is 1. The summed E-state index contributed by atoms with van der Waals surface area (Å²) >= 11 is 12.2. The van der Waals surface area contributed by atoms with Crippen LogP contribution in [0.2, 0.25) is 10.0 Å². The van der Waals surface area contributed by atoms with Gasteiger partial charge in [-0.1, -0.05) is 41.4 Å². The Bertz CT molecular complexity index is 808. The van der Waals surface area contributed by atoms with Gasteiger partial charge in [-0.05, 0) is 36.8 Å². The van der Waals surface area contributed by atoms with E-state index in [4.69, 9.17) is 27.9 Å². The number of urea groups is 1. The second-order valence-corrected chi connectivity index (χ2v) is 7.33. The van der Waals surface area contributed by atoms with Crippen LogP contribution in [-0.2, 0) is 0 Å². The first-order chi connectivity index (χ1) is 13.0. The first-order valence-corrected chi connectivity index (χ1v) is 9.63. The number of hydrogen-bond donors (Lipinski definition) is 1. The van der Waals surface area contributed by atoms with E-state index in [2.05, 4.69) is 10.2 Å². The molecule has 0 aromatic heterocycles. The predicted molar refractivity (Wildman–Crippen MR) is 110 cm³/mol. The van der Waals surface area contributed by atoms with Crippen LogP contribution < -0.4 is 15.0 Å². The van der Waals surface area contributed by atoms with Crippen molar-refractivity contribution in [2.75, 3.05) is 38.2 Å². The molecule has 1 atom stereocenters. The highest BCUT2D eigenvalue weighted by Gasteiger charge is 2.24. The number of benzene rings is 2. The van der Waals surface area contributed by atoms with Crippen molar-refractivity contribution in [1.82, 2.24) is 10.2 Å². The van der Waals surface area contributed by atoms with E-state index >= 15 is 0 Å². The van der Waals surface area contributed by atoms with E-state index in [1.807, 2.05) is 42.2 Å². The Morgan fingerprint density at radius 1 is 1.11 bits per heavy atom. The molecule has 2 aromatic carbocycles. The molecule has 27 heavy (non-hydrogen) atoms. The van der Waals surface area contributed by atoms with Crippen molar-refractivity contribution in [3.63, 3.8) is 0 Å². The zero-order valence-corrected chi connectivity index (χ0v) is 16.9. The van der Waals surface area contributed by atoms with Gasteiger partial charge >= 0.3 is 6.03 Å². The Hall–Kier alpha value is -2.11. The van der Waals surface area contributed by atoms with Crippen LogP contribution in [0.25, 0.3) is 0 Å². The number of carbonyl (C=O) groups is 1. The van der Waals surface area contributed by atoms with Gasteiger partial charge in [0.2, 0.25) is 0 Å². The molecule has 0 bridgehead atoms. The second kappa shape index (κ2) is 8.72. The molecule has 1 heterocycles. The van der Waals surface area contributed by atoms with Crippen molar-refractivity contribution in [1.29, 1.82) is 0 Å². The molecule has 0 radical (unpaired) electrons. The summed E-state index contributed by atoms with van der Waals surface area (Å²) in [4.78, 5) is 16.7. The van der Waals surface area contributed by atoms with Crippen LogP contribution in [0.1, 0.15) is 18.5 Å². The maximum atomic E-state index is 12.6. The zero-order chi connectivity index (χ0) is 19.4. The number of methoxy groups -OCH3 is 1. The van der Waals surface area contributed by atoms with Crippen LogP contribution in [0.5, 0.6) is 5.75 Å². The fourth-order valence-corrected chi connectivity index (χ4v) is 3.82. The van der Waals surface area contributed by atoms with Crippen molar-refractivity contribution in [2.24, 2.45) is 0 Å². The van der Waals surface area contributed by atoms with Gasteiger partial charge in [0.1, 0.15) is 5.75 Å². The highest BCUT2D eigenvalue weighted by molar-refractivity contribution is 6.35. The van der Waals surface area contributed by atoms with Crippen LogP contribution in [0, 0.1) is 0 Å². The molecule has 0 aliphatic carbocycles. The number of para-hydroxylation sites is 2. The first kappa shape index (κ1) is 19.6. The van der Waals surface area contributed by atoms with Crippen LogP contribution in [0.15, 0.2) is 42.5 Å². The summed E-state index contributed by atoms with van der Waals surface area (Å²) in [6.07, 6.45) is 0. The van der Waals surface area contributed by atoms with Crippen LogP contribution in [0.3, 0.4) is 0 Å². The highest BCUT2D eigenvalue weighted by atomic mass is 35.5. The lowest BCUT2D eigenvalue weighted by molar-refractivity contribution is 0.191. The van der Waals surface area contributed by atoms with E-state index < -0.39 is 0 Å². The summed E-state index contributed by atoms with van der Waals surface area (Å²) in [6.45, 7) is 4.71. The average Bonchev–Trinajstić information content (AvgIpc) is 2.68. The second-order valence-electron chi connectivity index (χ2n) is 6.48. The summed E-state index contributed by atoms with van der Waals surface area (Å²) in [5.74, 6) is 0.849. The lowest BCUT2D eigenvalue weighted by Gasteiger charge is -2.37. The Labute approximate surface area is 169 Å². The van der Waals surface area contributed by atoms with Crippen molar-refractivity contribution in [2.45, 2.75) is 13.0 Å². The van der Waals surface area contributed by atoms with Gasteiger partial charge in [0.25, 0.3) is 0 Å². The van der Waals surface area contributed by atoms with Gasteiger partial charge < -0.3 is 19.9 Å². The molecule has 144 valence electrons. The molecular formula is C20H23Cl2N3O2. The number of anilines is 1. The topological polar surface area (TPSA) is 44.8 Å². The molecule has 1 saturated heterocycles. The maximum Gasteiger partial charge on any atom is 0.317 e. The van der Waals surface area contributed by atoms with Gasteiger partial charge in [-0.25, -0.2) is 4.79 Å². The molecule has 5 nitrogen and oxygen atoms in total. The average molecular weight is 408 g/mol. The number of ether oxygens (including phenoxy) is 1. The predicted octanol–water partition coefficient (Wildman–Crippen LogP) is 4.59. The number of hydrogen-bond acceptors (Lipinski definition) is 3. The number of piperazine rings is 1. The molecule has 7 heteroatoms. The van der Waals surface area contributed by atoms with E-state index in [-0.39, 0.29) is 12.1 Å². The molecule has 1 fully saturated rings. The SMILES string of the molecule is COc1ccccc1N1CCN(C(=O)N[C@H](C)c2ccc(Cl)cc2Cl)CC1. The fourth-order valence-electron chi connectivity index (χ4n) is 3.25. The van der Waals surface area contributed by atoms with Gasteiger partial charge in [-0.15, -0.1) is 0 Å². The molecule has 2 aromatic rings. The van der Waals surface area contributed by atoms with Crippen LogP contribution in [-0.4, -0.2) is 44.2 Å². The third-order valence-corrected chi connectivity index (χ3v) is 5.32. The number of amides is 2. The maximum absolute atomic E-state index is 12.6. The van der Waals surface area contributed by atoms with E-state index in [9.17, 15) is 4.79 Å². The zero-order valence-electron chi connectivity index (χ0n) is 15.4. The van der Waals surface area contributed by atoms with E-state index in [1.54, 1.807) is 19.2 Å². The van der Waals surface area contributed by atoms with Gasteiger partial charge in [0, 0.05) is 36.2 Å². The van der Waals surface area contributed by atoms with Crippen molar-refractivity contribution in [3.05, 3.63) is 58.1 Å². The number of rotatable bonds is 4. The van der Waals surface area contributed by atoms with Gasteiger partial charge in [0.05, 0.1) is 18.8 Å². The van der Waals surface area contributed by atoms with E-state index in [0.717, 1.165) is 30.1 Å². The minimum absolute atomic E-state index is 0.0896. The Kier molecular flexibility index (Phi) is 6.34. The highest BCUT2D eigenvalue weighted by Crippen LogP contribution is 2.29. The van der Waals surface area contributed by atoms with Crippen molar-refractivity contribution < 1.29 is 9.53 Å². The molecule has 1 N–H and O–H groups in total. The Morgan fingerprint density at radius 3 is 2.48 bits per heavy atom.